The minimum absolute atomic E-state index is 0.0138. The van der Waals surface area contributed by atoms with Gasteiger partial charge in [-0.1, -0.05) is 53.6 Å². The number of ether oxygens (including phenoxy) is 1. The molecule has 192 valence electrons. The number of nitrogens with zero attached hydrogens (tertiary/aromatic N) is 1. The van der Waals surface area contributed by atoms with Crippen molar-refractivity contribution in [2.75, 3.05) is 7.11 Å². The number of fused-ring (bicyclic) bond motifs is 1. The third kappa shape index (κ3) is 5.47. The van der Waals surface area contributed by atoms with Crippen molar-refractivity contribution in [3.63, 3.8) is 0 Å². The summed E-state index contributed by atoms with van der Waals surface area (Å²) < 4.78 is 7.11. The molecule has 0 bridgehead atoms. The number of hydrogen-bond acceptors (Lipinski definition) is 3. The zero-order chi connectivity index (χ0) is 26.9. The molecule has 1 amide bonds. The topological polar surface area (TPSA) is 60.3 Å². The summed E-state index contributed by atoms with van der Waals surface area (Å²) >= 11 is 12.1. The number of aromatic nitrogens is 1. The lowest BCUT2D eigenvalue weighted by Crippen LogP contribution is -2.58. The summed E-state index contributed by atoms with van der Waals surface area (Å²) in [4.78, 5) is 26.9. The molecule has 37 heavy (non-hydrogen) atoms. The van der Waals surface area contributed by atoms with E-state index in [9.17, 15) is 9.59 Å². The molecular formula is C29H30Cl2N2O3Si. The van der Waals surface area contributed by atoms with Crippen molar-refractivity contribution in [3.8, 4) is 5.75 Å². The first-order valence-corrected chi connectivity index (χ1v) is 15.9. The Bertz CT molecular complexity index is 1460. The Balaban J connectivity index is 1.66. The number of benzene rings is 3. The van der Waals surface area contributed by atoms with Crippen LogP contribution in [0.5, 0.6) is 5.75 Å². The first-order chi connectivity index (χ1) is 17.5. The Labute approximate surface area is 228 Å². The number of carbonyl (C=O) groups excluding carboxylic acids is 2. The molecule has 0 saturated carbocycles. The lowest BCUT2D eigenvalue weighted by Gasteiger charge is -2.31. The lowest BCUT2D eigenvalue weighted by molar-refractivity contribution is -0.120. The molecule has 0 saturated heterocycles. The highest BCUT2D eigenvalue weighted by atomic mass is 35.5. The Morgan fingerprint density at radius 3 is 2.16 bits per heavy atom. The van der Waals surface area contributed by atoms with Crippen LogP contribution in [-0.2, 0) is 11.2 Å². The maximum Gasteiger partial charge on any atom is 0.262 e. The smallest absolute Gasteiger partial charge is 0.262 e. The number of methoxy groups -OCH3 is 1. The molecule has 0 aliphatic carbocycles. The molecule has 0 fully saturated rings. The summed E-state index contributed by atoms with van der Waals surface area (Å²) in [5.74, 6) is 0.390. The van der Waals surface area contributed by atoms with Crippen molar-refractivity contribution in [1.29, 1.82) is 0 Å². The third-order valence-corrected chi connectivity index (χ3v) is 11.9. The minimum atomic E-state index is -2.01. The second kappa shape index (κ2) is 10.7. The van der Waals surface area contributed by atoms with E-state index in [0.29, 0.717) is 21.4 Å². The van der Waals surface area contributed by atoms with E-state index in [0.717, 1.165) is 22.2 Å². The molecule has 1 N–H and O–H groups in total. The van der Waals surface area contributed by atoms with Gasteiger partial charge in [-0.05, 0) is 74.0 Å². The van der Waals surface area contributed by atoms with Crippen molar-refractivity contribution in [2.24, 2.45) is 0 Å². The average Bonchev–Trinajstić information content (AvgIpc) is 3.14. The Morgan fingerprint density at radius 2 is 1.57 bits per heavy atom. The maximum absolute atomic E-state index is 13.5. The van der Waals surface area contributed by atoms with Crippen LogP contribution in [0.15, 0.2) is 66.7 Å². The molecule has 1 atom stereocenters. The summed E-state index contributed by atoms with van der Waals surface area (Å²) in [5, 5.41) is 6.52. The highest BCUT2D eigenvalue weighted by Crippen LogP contribution is 2.31. The first-order valence-electron chi connectivity index (χ1n) is 12.1. The van der Waals surface area contributed by atoms with Crippen LogP contribution >= 0.6 is 23.2 Å². The normalized spacial score (nSPS) is 12.4. The maximum atomic E-state index is 13.5. The fourth-order valence-corrected chi connectivity index (χ4v) is 6.86. The van der Waals surface area contributed by atoms with Crippen LogP contribution in [0, 0.1) is 6.92 Å². The van der Waals surface area contributed by atoms with Crippen LogP contribution in [-0.4, -0.2) is 37.2 Å². The van der Waals surface area contributed by atoms with E-state index in [1.54, 1.807) is 35.9 Å². The molecule has 0 radical (unpaired) electrons. The van der Waals surface area contributed by atoms with E-state index in [-0.39, 0.29) is 23.9 Å². The van der Waals surface area contributed by atoms with Crippen LogP contribution in [0.25, 0.3) is 10.9 Å². The highest BCUT2D eigenvalue weighted by Gasteiger charge is 2.32. The number of rotatable bonds is 7. The molecule has 0 aliphatic rings. The molecular weight excluding hydrogens is 523 g/mol. The summed E-state index contributed by atoms with van der Waals surface area (Å²) in [5.41, 5.74) is 2.75. The second-order valence-electron chi connectivity index (χ2n) is 9.79. The van der Waals surface area contributed by atoms with Gasteiger partial charge in [0.25, 0.3) is 5.91 Å². The van der Waals surface area contributed by atoms with E-state index in [4.69, 9.17) is 27.9 Å². The van der Waals surface area contributed by atoms with Gasteiger partial charge in [-0.25, -0.2) is 0 Å². The molecule has 3 aromatic carbocycles. The van der Waals surface area contributed by atoms with Gasteiger partial charge in [-0.2, -0.15) is 0 Å². The van der Waals surface area contributed by atoms with Crippen molar-refractivity contribution in [2.45, 2.75) is 39.0 Å². The van der Waals surface area contributed by atoms with E-state index < -0.39 is 8.07 Å². The van der Waals surface area contributed by atoms with Crippen molar-refractivity contribution in [3.05, 3.63) is 93.6 Å². The zero-order valence-corrected chi connectivity index (χ0v) is 24.1. The number of amides is 1. The summed E-state index contributed by atoms with van der Waals surface area (Å²) in [6, 6.07) is 20.2. The van der Waals surface area contributed by atoms with Crippen LogP contribution in [0.1, 0.15) is 28.5 Å². The van der Waals surface area contributed by atoms with E-state index in [1.807, 2.05) is 49.4 Å². The molecule has 1 unspecified atom stereocenters. The standard InChI is InChI=1S/C29H30Cl2N2O3Si/c1-18-25(17-28(34)32-19(2)37(4,5)24-13-10-22(31)11-14-24)26-16-23(36-3)12-15-27(26)33(18)29(35)20-6-8-21(30)9-7-20/h6-16,19H,17H2,1-5H3,(H,32,34). The fraction of sp³-hybridized carbons (Fsp3) is 0.241. The van der Waals surface area contributed by atoms with Crippen molar-refractivity contribution < 1.29 is 14.3 Å². The first kappa shape index (κ1) is 27.0. The SMILES string of the molecule is COc1ccc2c(c1)c(CC(=O)NC(C)[Si](C)(C)c1ccc(Cl)cc1)c(C)n2C(=O)c1ccc(Cl)cc1. The second-order valence-corrected chi connectivity index (χ2v) is 15.5. The minimum Gasteiger partial charge on any atom is -0.497 e. The number of hydrogen-bond donors (Lipinski definition) is 1. The lowest BCUT2D eigenvalue weighted by atomic mass is 10.1. The summed E-state index contributed by atoms with van der Waals surface area (Å²) in [7, 11) is -0.411. The zero-order valence-electron chi connectivity index (χ0n) is 21.6. The molecule has 1 aromatic heterocycles. The molecule has 8 heteroatoms. The monoisotopic (exact) mass is 552 g/mol. The average molecular weight is 554 g/mol. The highest BCUT2D eigenvalue weighted by molar-refractivity contribution is 6.91. The quantitative estimate of drug-likeness (QED) is 0.279. The van der Waals surface area contributed by atoms with Gasteiger partial charge >= 0.3 is 0 Å². The van der Waals surface area contributed by atoms with E-state index in [2.05, 4.69) is 25.3 Å². The third-order valence-electron chi connectivity index (χ3n) is 7.22. The van der Waals surface area contributed by atoms with Crippen LogP contribution in [0.2, 0.25) is 23.1 Å². The largest absolute Gasteiger partial charge is 0.497 e. The van der Waals surface area contributed by atoms with Gasteiger partial charge < -0.3 is 10.1 Å². The number of halogens is 2. The Hall–Kier alpha value is -3.06. The molecule has 0 spiro atoms. The van der Waals surface area contributed by atoms with Crippen molar-refractivity contribution in [1.82, 2.24) is 9.88 Å². The van der Waals surface area contributed by atoms with E-state index >= 15 is 0 Å². The van der Waals surface area contributed by atoms with Gasteiger partial charge in [0.15, 0.2) is 0 Å². The molecule has 4 rings (SSSR count). The molecule has 5 nitrogen and oxygen atoms in total. The van der Waals surface area contributed by atoms with Crippen LogP contribution in [0.3, 0.4) is 0 Å². The summed E-state index contributed by atoms with van der Waals surface area (Å²) in [6.07, 6.45) is 0.145. The van der Waals surface area contributed by atoms with E-state index in [1.165, 1.54) is 5.19 Å². The summed E-state index contributed by atoms with van der Waals surface area (Å²) in [6.45, 7) is 8.39. The van der Waals surface area contributed by atoms with Gasteiger partial charge in [0, 0.05) is 32.4 Å². The Morgan fingerprint density at radius 1 is 0.973 bits per heavy atom. The predicted molar refractivity (Wildman–Crippen MR) is 154 cm³/mol. The van der Waals surface area contributed by atoms with Crippen LogP contribution < -0.4 is 15.2 Å². The number of nitrogens with one attached hydrogen (secondary N) is 1. The number of carbonyl (C=O) groups is 2. The van der Waals surface area contributed by atoms with Gasteiger partial charge in [-0.3, -0.25) is 14.2 Å². The Kier molecular flexibility index (Phi) is 7.83. The van der Waals surface area contributed by atoms with Crippen LogP contribution in [0.4, 0.5) is 0 Å². The fourth-order valence-electron chi connectivity index (χ4n) is 4.56. The molecule has 4 aromatic rings. The van der Waals surface area contributed by atoms with Gasteiger partial charge in [0.05, 0.1) is 19.0 Å². The molecule has 0 aliphatic heterocycles. The molecule has 1 heterocycles. The predicted octanol–water partition coefficient (Wildman–Crippen LogP) is 6.16. The van der Waals surface area contributed by atoms with Gasteiger partial charge in [0.1, 0.15) is 13.8 Å². The van der Waals surface area contributed by atoms with Crippen molar-refractivity contribution >= 4 is 59.2 Å². The van der Waals surface area contributed by atoms with Gasteiger partial charge in [0.2, 0.25) is 5.91 Å². The van der Waals surface area contributed by atoms with Gasteiger partial charge in [-0.15, -0.1) is 0 Å².